The van der Waals surface area contributed by atoms with E-state index in [4.69, 9.17) is 9.47 Å². The number of amides is 1. The van der Waals surface area contributed by atoms with Gasteiger partial charge >= 0.3 is 12.3 Å². The van der Waals surface area contributed by atoms with Gasteiger partial charge in [0.25, 0.3) is 0 Å². The lowest BCUT2D eigenvalue weighted by Gasteiger charge is -2.44. The fourth-order valence-corrected chi connectivity index (χ4v) is 5.42. The van der Waals surface area contributed by atoms with Gasteiger partial charge in [0.2, 0.25) is 0 Å². The zero-order valence-electron chi connectivity index (χ0n) is 19.3. The van der Waals surface area contributed by atoms with E-state index in [1.807, 2.05) is 13.8 Å². The molecule has 8 heteroatoms. The Morgan fingerprint density at radius 3 is 2.56 bits per heavy atom. The molecular weight excluding hydrogens is 445 g/mol. The van der Waals surface area contributed by atoms with Crippen LogP contribution in [0.15, 0.2) is 42.5 Å². The van der Waals surface area contributed by atoms with E-state index in [2.05, 4.69) is 10.2 Å². The number of hydrogen-bond acceptors (Lipinski definition) is 4. The second kappa shape index (κ2) is 8.48. The molecule has 0 radical (unpaired) electrons. The number of alkyl halides is 3. The Hall–Kier alpha value is -2.74. The van der Waals surface area contributed by atoms with E-state index in [1.54, 1.807) is 24.3 Å². The minimum absolute atomic E-state index is 0.0949. The third-order valence-corrected chi connectivity index (χ3v) is 7.37. The zero-order valence-corrected chi connectivity index (χ0v) is 19.3. The van der Waals surface area contributed by atoms with Gasteiger partial charge in [-0.3, -0.25) is 4.90 Å². The van der Waals surface area contributed by atoms with Crippen molar-refractivity contribution in [3.8, 4) is 16.9 Å². The van der Waals surface area contributed by atoms with Crippen LogP contribution in [0.25, 0.3) is 11.1 Å². The third-order valence-electron chi connectivity index (χ3n) is 7.37. The van der Waals surface area contributed by atoms with E-state index in [0.717, 1.165) is 44.1 Å². The maximum Gasteiger partial charge on any atom is 0.417 e. The van der Waals surface area contributed by atoms with Crippen LogP contribution in [0.1, 0.15) is 43.9 Å². The first-order valence-electron chi connectivity index (χ1n) is 11.7. The molecule has 5 nitrogen and oxygen atoms in total. The molecule has 3 saturated heterocycles. The maximum atomic E-state index is 13.5. The number of rotatable bonds is 3. The predicted octanol–water partition coefficient (Wildman–Crippen LogP) is 5.65. The van der Waals surface area contributed by atoms with E-state index in [-0.39, 0.29) is 11.7 Å². The molecule has 0 spiro atoms. The fourth-order valence-electron chi connectivity index (χ4n) is 5.42. The highest BCUT2D eigenvalue weighted by atomic mass is 19.4. The second-order valence-corrected chi connectivity index (χ2v) is 10.2. The first kappa shape index (κ1) is 23.0. The second-order valence-electron chi connectivity index (χ2n) is 10.2. The van der Waals surface area contributed by atoms with Gasteiger partial charge in [-0.1, -0.05) is 44.2 Å². The van der Waals surface area contributed by atoms with Crippen LogP contribution >= 0.6 is 0 Å². The summed E-state index contributed by atoms with van der Waals surface area (Å²) in [7, 11) is 0. The van der Waals surface area contributed by atoms with Crippen LogP contribution in [0.4, 0.5) is 18.0 Å². The number of alkyl carbamates (subject to hydrolysis) is 1. The summed E-state index contributed by atoms with van der Waals surface area (Å²) in [6.45, 7) is 7.19. The quantitative estimate of drug-likeness (QED) is 0.625. The van der Waals surface area contributed by atoms with Crippen molar-refractivity contribution in [3.05, 3.63) is 53.6 Å². The van der Waals surface area contributed by atoms with Crippen LogP contribution in [0.5, 0.6) is 5.75 Å². The molecule has 0 saturated carbocycles. The smallest absolute Gasteiger partial charge is 0.417 e. The number of ether oxygens (including phenoxy) is 2. The summed E-state index contributed by atoms with van der Waals surface area (Å²) in [5.41, 5.74) is 0.127. The van der Waals surface area contributed by atoms with Crippen LogP contribution in [0, 0.1) is 11.3 Å². The standard InChI is InChI=1S/C26H29F3N2O3/c1-25(2)15-33-21-13-17(18-5-3-4-6-20(18)26(27,28)29)7-8-19(21)23(25)30-24(32)34-22-14-31-11-9-16(22)10-12-31/h3-8,13,16,22-23H,9-12,14-15H2,1-2H3,(H,30,32)/t22-,23?/m1/s1. The van der Waals surface area contributed by atoms with E-state index < -0.39 is 29.3 Å². The highest BCUT2D eigenvalue weighted by molar-refractivity contribution is 5.72. The van der Waals surface area contributed by atoms with Crippen LogP contribution in [0.3, 0.4) is 0 Å². The summed E-state index contributed by atoms with van der Waals surface area (Å²) in [6, 6.07) is 10.1. The normalized spacial score (nSPS) is 27.4. The maximum absolute atomic E-state index is 13.5. The minimum Gasteiger partial charge on any atom is -0.493 e. The molecule has 4 aliphatic heterocycles. The number of nitrogens with zero attached hydrogens (tertiary/aromatic N) is 1. The summed E-state index contributed by atoms with van der Waals surface area (Å²) in [4.78, 5) is 15.2. The Morgan fingerprint density at radius 2 is 1.88 bits per heavy atom. The van der Waals surface area contributed by atoms with Crippen LogP contribution in [0.2, 0.25) is 0 Å². The predicted molar refractivity (Wildman–Crippen MR) is 121 cm³/mol. The number of carbonyl (C=O) groups excluding carboxylic acids is 1. The van der Waals surface area contributed by atoms with E-state index in [9.17, 15) is 18.0 Å². The molecule has 0 aliphatic carbocycles. The van der Waals surface area contributed by atoms with Crippen molar-refractivity contribution < 1.29 is 27.4 Å². The van der Waals surface area contributed by atoms with Gasteiger partial charge in [-0.15, -0.1) is 0 Å². The van der Waals surface area contributed by atoms with Crippen LogP contribution in [-0.4, -0.2) is 43.3 Å². The van der Waals surface area contributed by atoms with Gasteiger partial charge in [-0.25, -0.2) is 4.79 Å². The molecule has 4 aliphatic rings. The molecule has 2 atom stereocenters. The topological polar surface area (TPSA) is 50.8 Å². The Balaban J connectivity index is 1.39. The van der Waals surface area contributed by atoms with Crippen molar-refractivity contribution in [2.45, 2.75) is 45.0 Å². The van der Waals surface area contributed by atoms with E-state index in [0.29, 0.717) is 23.8 Å². The third kappa shape index (κ3) is 4.35. The molecule has 1 unspecified atom stereocenters. The Bertz CT molecular complexity index is 1080. The molecule has 1 N–H and O–H groups in total. The Morgan fingerprint density at radius 1 is 1.15 bits per heavy atom. The fraction of sp³-hybridized carbons (Fsp3) is 0.500. The lowest BCUT2D eigenvalue weighted by atomic mass is 9.78. The lowest BCUT2D eigenvalue weighted by molar-refractivity contribution is -0.137. The number of nitrogens with one attached hydrogen (secondary N) is 1. The van der Waals surface area contributed by atoms with Gasteiger partial charge in [-0.2, -0.15) is 13.2 Å². The van der Waals surface area contributed by atoms with Gasteiger partial charge in [0.15, 0.2) is 0 Å². The number of fused-ring (bicyclic) bond motifs is 4. The van der Waals surface area contributed by atoms with Crippen molar-refractivity contribution in [2.75, 3.05) is 26.2 Å². The molecule has 1 amide bonds. The van der Waals surface area contributed by atoms with Gasteiger partial charge < -0.3 is 14.8 Å². The van der Waals surface area contributed by atoms with Gasteiger partial charge in [-0.05, 0) is 55.1 Å². The number of hydrogen-bond donors (Lipinski definition) is 1. The summed E-state index contributed by atoms with van der Waals surface area (Å²) in [6.07, 6.45) is -2.93. The average molecular weight is 475 g/mol. The molecule has 2 aromatic rings. The summed E-state index contributed by atoms with van der Waals surface area (Å²) >= 11 is 0. The van der Waals surface area contributed by atoms with Crippen molar-refractivity contribution in [1.82, 2.24) is 10.2 Å². The average Bonchev–Trinajstić information content (AvgIpc) is 2.81. The molecule has 0 aromatic heterocycles. The minimum atomic E-state index is -4.46. The molecule has 2 bridgehead atoms. The van der Waals surface area contributed by atoms with Crippen molar-refractivity contribution in [1.29, 1.82) is 0 Å². The number of carbonyl (C=O) groups is 1. The number of piperidine rings is 3. The SMILES string of the molecule is CC1(C)COc2cc(-c3ccccc3C(F)(F)F)ccc2C1NC(=O)O[C@@H]1CN2CCC1CC2. The lowest BCUT2D eigenvalue weighted by Crippen LogP contribution is -2.53. The zero-order chi connectivity index (χ0) is 24.1. The Kier molecular flexibility index (Phi) is 5.74. The van der Waals surface area contributed by atoms with Gasteiger partial charge in [0, 0.05) is 17.5 Å². The molecular formula is C26H29F3N2O3. The summed E-state index contributed by atoms with van der Waals surface area (Å²) in [5, 5.41) is 3.03. The highest BCUT2D eigenvalue weighted by Crippen LogP contribution is 2.45. The van der Waals surface area contributed by atoms with E-state index >= 15 is 0 Å². The first-order valence-corrected chi connectivity index (χ1v) is 11.7. The monoisotopic (exact) mass is 474 g/mol. The molecule has 34 heavy (non-hydrogen) atoms. The molecule has 6 rings (SSSR count). The molecule has 4 heterocycles. The Labute approximate surface area is 197 Å². The largest absolute Gasteiger partial charge is 0.493 e. The van der Waals surface area contributed by atoms with E-state index in [1.165, 1.54) is 12.1 Å². The van der Waals surface area contributed by atoms with Gasteiger partial charge in [0.05, 0.1) is 18.2 Å². The van der Waals surface area contributed by atoms with Crippen LogP contribution in [-0.2, 0) is 10.9 Å². The summed E-state index contributed by atoms with van der Waals surface area (Å²) < 4.78 is 52.4. The first-order chi connectivity index (χ1) is 16.1. The highest BCUT2D eigenvalue weighted by Gasteiger charge is 2.41. The molecule has 3 fully saturated rings. The van der Waals surface area contributed by atoms with Crippen molar-refractivity contribution in [3.63, 3.8) is 0 Å². The number of halogens is 3. The number of benzene rings is 2. The van der Waals surface area contributed by atoms with Crippen molar-refractivity contribution >= 4 is 6.09 Å². The summed E-state index contributed by atoms with van der Waals surface area (Å²) in [5.74, 6) is 0.879. The molecule has 2 aromatic carbocycles. The van der Waals surface area contributed by atoms with Crippen LogP contribution < -0.4 is 10.1 Å². The molecule has 182 valence electrons. The van der Waals surface area contributed by atoms with Gasteiger partial charge in [0.1, 0.15) is 11.9 Å². The van der Waals surface area contributed by atoms with Crippen molar-refractivity contribution in [2.24, 2.45) is 11.3 Å².